The van der Waals surface area contributed by atoms with E-state index >= 15 is 0 Å². The van der Waals surface area contributed by atoms with Crippen LogP contribution in [0, 0.1) is 0 Å². The average Bonchev–Trinajstić information content (AvgIpc) is 2.60. The molecule has 1 heterocycles. The topological polar surface area (TPSA) is 9.23 Å². The minimum atomic E-state index is 0.546. The van der Waals surface area contributed by atoms with Crippen LogP contribution in [0.5, 0.6) is 0 Å². The standard InChI is InChI=1S/C6H6.C5H10O/c1-2-4-6-5-3-1;1-5-3-2-4-6-5/h1-6H;5H,2-4H2,1H3. The smallest absolute Gasteiger partial charge is 0.0547 e. The highest BCUT2D eigenvalue weighted by atomic mass is 16.5. The predicted molar refractivity (Wildman–Crippen MR) is 51.1 cm³/mol. The van der Waals surface area contributed by atoms with Crippen molar-refractivity contribution in [1.82, 2.24) is 0 Å². The summed E-state index contributed by atoms with van der Waals surface area (Å²) in [5.41, 5.74) is 0. The van der Waals surface area contributed by atoms with E-state index in [9.17, 15) is 0 Å². The van der Waals surface area contributed by atoms with Gasteiger partial charge < -0.3 is 4.74 Å². The second-order valence-corrected chi connectivity index (χ2v) is 2.98. The van der Waals surface area contributed by atoms with Gasteiger partial charge in [-0.25, -0.2) is 0 Å². The van der Waals surface area contributed by atoms with Gasteiger partial charge in [0.15, 0.2) is 0 Å². The van der Waals surface area contributed by atoms with Gasteiger partial charge in [-0.1, -0.05) is 36.4 Å². The van der Waals surface area contributed by atoms with Crippen molar-refractivity contribution in [3.8, 4) is 0 Å². The molecule has 0 aromatic heterocycles. The first-order chi connectivity index (χ1) is 5.89. The Morgan fingerprint density at radius 3 is 1.67 bits per heavy atom. The first-order valence-corrected chi connectivity index (χ1v) is 4.51. The zero-order chi connectivity index (χ0) is 8.65. The lowest BCUT2D eigenvalue weighted by molar-refractivity contribution is 0.125. The highest BCUT2D eigenvalue weighted by molar-refractivity contribution is 4.99. The van der Waals surface area contributed by atoms with Gasteiger partial charge in [0.2, 0.25) is 0 Å². The molecular formula is C11H16O. The van der Waals surface area contributed by atoms with E-state index in [2.05, 4.69) is 6.92 Å². The van der Waals surface area contributed by atoms with Gasteiger partial charge in [0.25, 0.3) is 0 Å². The molecule has 0 saturated carbocycles. The number of hydrogen-bond acceptors (Lipinski definition) is 1. The first kappa shape index (κ1) is 9.27. The van der Waals surface area contributed by atoms with Crippen molar-refractivity contribution in [1.29, 1.82) is 0 Å². The van der Waals surface area contributed by atoms with E-state index in [0.717, 1.165) is 6.61 Å². The summed E-state index contributed by atoms with van der Waals surface area (Å²) in [6, 6.07) is 12.0. The minimum absolute atomic E-state index is 0.546. The largest absolute Gasteiger partial charge is 0.379 e. The van der Waals surface area contributed by atoms with Gasteiger partial charge >= 0.3 is 0 Å². The average molecular weight is 164 g/mol. The SMILES string of the molecule is CC1CCCO1.c1ccccc1. The van der Waals surface area contributed by atoms with Crippen LogP contribution in [0.2, 0.25) is 0 Å². The van der Waals surface area contributed by atoms with Crippen LogP contribution in [0.1, 0.15) is 19.8 Å². The molecule has 1 aliphatic heterocycles. The molecule has 1 fully saturated rings. The molecule has 0 spiro atoms. The number of benzene rings is 1. The Kier molecular flexibility index (Phi) is 4.47. The lowest BCUT2D eigenvalue weighted by Gasteiger charge is -1.94. The zero-order valence-electron chi connectivity index (χ0n) is 7.57. The van der Waals surface area contributed by atoms with Gasteiger partial charge in [0.05, 0.1) is 6.10 Å². The second-order valence-electron chi connectivity index (χ2n) is 2.98. The summed E-state index contributed by atoms with van der Waals surface area (Å²) in [6.07, 6.45) is 3.08. The van der Waals surface area contributed by atoms with Crippen molar-refractivity contribution < 1.29 is 4.74 Å². The van der Waals surface area contributed by atoms with E-state index in [1.54, 1.807) is 0 Å². The maximum Gasteiger partial charge on any atom is 0.0547 e. The van der Waals surface area contributed by atoms with Crippen LogP contribution in [-0.2, 0) is 4.74 Å². The van der Waals surface area contributed by atoms with Gasteiger partial charge in [0.1, 0.15) is 0 Å². The molecule has 1 saturated heterocycles. The third kappa shape index (κ3) is 4.14. The Balaban J connectivity index is 0.000000120. The normalized spacial score (nSPS) is 21.2. The van der Waals surface area contributed by atoms with E-state index < -0.39 is 0 Å². The fraction of sp³-hybridized carbons (Fsp3) is 0.455. The first-order valence-electron chi connectivity index (χ1n) is 4.51. The summed E-state index contributed by atoms with van der Waals surface area (Å²) in [5.74, 6) is 0. The molecule has 2 rings (SSSR count). The lowest BCUT2D eigenvalue weighted by Crippen LogP contribution is -1.94. The van der Waals surface area contributed by atoms with Gasteiger partial charge in [-0.2, -0.15) is 0 Å². The Labute approximate surface area is 74.4 Å². The van der Waals surface area contributed by atoms with Crippen LogP contribution < -0.4 is 0 Å². The van der Waals surface area contributed by atoms with Crippen LogP contribution in [0.4, 0.5) is 0 Å². The molecule has 1 heteroatoms. The van der Waals surface area contributed by atoms with Crippen LogP contribution in [0.3, 0.4) is 0 Å². The molecule has 0 amide bonds. The zero-order valence-corrected chi connectivity index (χ0v) is 7.57. The summed E-state index contributed by atoms with van der Waals surface area (Å²) in [4.78, 5) is 0. The van der Waals surface area contributed by atoms with Crippen molar-refractivity contribution >= 4 is 0 Å². The number of ether oxygens (including phenoxy) is 1. The summed E-state index contributed by atoms with van der Waals surface area (Å²) in [6.45, 7) is 3.11. The van der Waals surface area contributed by atoms with Crippen molar-refractivity contribution in [3.05, 3.63) is 36.4 Å². The molecule has 1 nitrogen and oxygen atoms in total. The van der Waals surface area contributed by atoms with E-state index in [4.69, 9.17) is 4.74 Å². The molecule has 1 aromatic carbocycles. The summed E-state index contributed by atoms with van der Waals surface area (Å²) >= 11 is 0. The third-order valence-electron chi connectivity index (χ3n) is 1.82. The molecule has 1 aromatic rings. The maximum absolute atomic E-state index is 5.15. The van der Waals surface area contributed by atoms with Gasteiger partial charge in [-0.15, -0.1) is 0 Å². The Morgan fingerprint density at radius 1 is 1.00 bits per heavy atom. The summed E-state index contributed by atoms with van der Waals surface area (Å²) < 4.78 is 5.15. The minimum Gasteiger partial charge on any atom is -0.379 e. The van der Waals surface area contributed by atoms with Crippen molar-refractivity contribution in [2.45, 2.75) is 25.9 Å². The summed E-state index contributed by atoms with van der Waals surface area (Å²) in [7, 11) is 0. The van der Waals surface area contributed by atoms with Gasteiger partial charge in [-0.05, 0) is 19.8 Å². The molecule has 66 valence electrons. The highest BCUT2D eigenvalue weighted by Crippen LogP contribution is 2.09. The van der Waals surface area contributed by atoms with Crippen molar-refractivity contribution in [2.75, 3.05) is 6.61 Å². The van der Waals surface area contributed by atoms with E-state index in [1.165, 1.54) is 12.8 Å². The molecule has 1 unspecified atom stereocenters. The molecule has 0 aliphatic carbocycles. The third-order valence-corrected chi connectivity index (χ3v) is 1.82. The van der Waals surface area contributed by atoms with Crippen molar-refractivity contribution in [3.63, 3.8) is 0 Å². The van der Waals surface area contributed by atoms with E-state index in [0.29, 0.717) is 6.10 Å². The Hall–Kier alpha value is -0.820. The fourth-order valence-corrected chi connectivity index (χ4v) is 1.12. The van der Waals surface area contributed by atoms with Crippen LogP contribution >= 0.6 is 0 Å². The summed E-state index contributed by atoms with van der Waals surface area (Å²) in [5, 5.41) is 0. The number of rotatable bonds is 0. The molecule has 0 radical (unpaired) electrons. The molecule has 1 aliphatic rings. The molecule has 0 bridgehead atoms. The van der Waals surface area contributed by atoms with Crippen molar-refractivity contribution in [2.24, 2.45) is 0 Å². The number of hydrogen-bond donors (Lipinski definition) is 0. The van der Waals surface area contributed by atoms with Crippen LogP contribution in [0.25, 0.3) is 0 Å². The Morgan fingerprint density at radius 2 is 1.50 bits per heavy atom. The monoisotopic (exact) mass is 164 g/mol. The van der Waals surface area contributed by atoms with Crippen LogP contribution in [0.15, 0.2) is 36.4 Å². The van der Waals surface area contributed by atoms with E-state index in [1.807, 2.05) is 36.4 Å². The fourth-order valence-electron chi connectivity index (χ4n) is 1.12. The quantitative estimate of drug-likeness (QED) is 0.573. The second kappa shape index (κ2) is 5.78. The predicted octanol–water partition coefficient (Wildman–Crippen LogP) is 2.87. The Bertz CT molecular complexity index is 151. The van der Waals surface area contributed by atoms with Gasteiger partial charge in [0, 0.05) is 6.61 Å². The maximum atomic E-state index is 5.15. The molecule has 0 N–H and O–H groups in total. The lowest BCUT2D eigenvalue weighted by atomic mass is 10.3. The molecule has 1 atom stereocenters. The van der Waals surface area contributed by atoms with E-state index in [-0.39, 0.29) is 0 Å². The molecular weight excluding hydrogens is 148 g/mol. The highest BCUT2D eigenvalue weighted by Gasteiger charge is 2.07. The van der Waals surface area contributed by atoms with Crippen LogP contribution in [-0.4, -0.2) is 12.7 Å². The molecule has 12 heavy (non-hydrogen) atoms. The van der Waals surface area contributed by atoms with Gasteiger partial charge in [-0.3, -0.25) is 0 Å².